The molecule has 3 heterocycles. The minimum Gasteiger partial charge on any atom is -0.492 e. The van der Waals surface area contributed by atoms with Crippen LogP contribution in [-0.4, -0.2) is 131 Å². The van der Waals surface area contributed by atoms with Crippen LogP contribution in [0.2, 0.25) is 0 Å². The topological polar surface area (TPSA) is 111 Å². The van der Waals surface area contributed by atoms with Gasteiger partial charge in [-0.1, -0.05) is 20.8 Å². The van der Waals surface area contributed by atoms with E-state index in [9.17, 15) is 19.8 Å². The summed E-state index contributed by atoms with van der Waals surface area (Å²) < 4.78 is 6.38. The summed E-state index contributed by atoms with van der Waals surface area (Å²) in [6, 6.07) is 2.55. The van der Waals surface area contributed by atoms with E-state index >= 15 is 0 Å². The molecular weight excluding hydrogens is 538 g/mol. The molecule has 2 fully saturated rings. The molecule has 3 unspecified atom stereocenters. The smallest absolute Gasteiger partial charge is 0.333 e. The Kier molecular flexibility index (Phi) is 12.5. The molecule has 3 rings (SSSR count). The van der Waals surface area contributed by atoms with Crippen molar-refractivity contribution in [2.24, 2.45) is 11.3 Å². The van der Waals surface area contributed by atoms with Gasteiger partial charge in [-0.2, -0.15) is 0 Å². The Bertz CT molecular complexity index is 981. The first-order valence-corrected chi connectivity index (χ1v) is 15.6. The van der Waals surface area contributed by atoms with E-state index in [0.29, 0.717) is 13.0 Å². The average Bonchev–Trinajstić information content (AvgIpc) is 3.14. The minimum atomic E-state index is -0.502. The lowest BCUT2D eigenvalue weighted by molar-refractivity contribution is -0.156. The van der Waals surface area contributed by atoms with Gasteiger partial charge in [0.05, 0.1) is 6.54 Å². The number of nitrogens with zero attached hydrogens (tertiary/aromatic N) is 5. The van der Waals surface area contributed by atoms with Crippen molar-refractivity contribution in [3.05, 3.63) is 12.1 Å². The Labute approximate surface area is 252 Å². The van der Waals surface area contributed by atoms with Gasteiger partial charge < -0.3 is 34.5 Å². The average molecular weight is 594 g/mol. The van der Waals surface area contributed by atoms with Crippen molar-refractivity contribution >= 4 is 11.9 Å². The van der Waals surface area contributed by atoms with Gasteiger partial charge in [-0.3, -0.25) is 9.69 Å². The van der Waals surface area contributed by atoms with Crippen LogP contribution in [0.4, 0.5) is 0 Å². The summed E-state index contributed by atoms with van der Waals surface area (Å²) in [7, 11) is 0. The van der Waals surface area contributed by atoms with Gasteiger partial charge in [-0.15, -0.1) is 4.73 Å². The van der Waals surface area contributed by atoms with Gasteiger partial charge in [-0.05, 0) is 71.0 Å². The number of aromatic hydroxyl groups is 2. The Morgan fingerprint density at radius 1 is 0.786 bits per heavy atom. The Morgan fingerprint density at radius 2 is 1.33 bits per heavy atom. The zero-order valence-corrected chi connectivity index (χ0v) is 26.8. The summed E-state index contributed by atoms with van der Waals surface area (Å²) in [5.74, 6) is -1.06. The molecule has 11 heteroatoms. The third-order valence-corrected chi connectivity index (χ3v) is 7.61. The maximum Gasteiger partial charge on any atom is 0.333 e. The molecule has 1 aromatic rings. The number of fused-ring (bicyclic) bond motifs is 4. The maximum atomic E-state index is 12.7. The van der Waals surface area contributed by atoms with Crippen LogP contribution in [0.25, 0.3) is 0 Å². The van der Waals surface area contributed by atoms with Crippen molar-refractivity contribution in [3.63, 3.8) is 0 Å². The van der Waals surface area contributed by atoms with E-state index in [1.165, 1.54) is 12.1 Å². The van der Waals surface area contributed by atoms with Gasteiger partial charge in [0.25, 0.3) is 0 Å². The lowest BCUT2D eigenvalue weighted by Gasteiger charge is -2.33. The molecule has 2 N–H and O–H groups in total. The SMILES string of the molecule is CC(C)(C)CN1CCCN2CCN(CC(=O)OC(C)(C)C)CCCN(CC1)CC(CCC(=O)On1c(O)ccc1O)C2. The molecule has 0 radical (unpaired) electrons. The highest BCUT2D eigenvalue weighted by Crippen LogP contribution is 2.21. The first-order chi connectivity index (χ1) is 19.7. The molecule has 240 valence electrons. The molecular formula is C31H55N5O6. The van der Waals surface area contributed by atoms with Crippen molar-refractivity contribution in [1.29, 1.82) is 0 Å². The lowest BCUT2D eigenvalue weighted by atomic mass is 9.96. The van der Waals surface area contributed by atoms with Crippen LogP contribution in [0, 0.1) is 11.3 Å². The highest BCUT2D eigenvalue weighted by atomic mass is 16.7. The third-order valence-electron chi connectivity index (χ3n) is 7.61. The summed E-state index contributed by atoms with van der Waals surface area (Å²) in [4.78, 5) is 40.4. The van der Waals surface area contributed by atoms with Gasteiger partial charge in [0.15, 0.2) is 0 Å². The molecule has 2 aliphatic heterocycles. The van der Waals surface area contributed by atoms with E-state index in [2.05, 4.69) is 40.4 Å². The number of aromatic nitrogens is 1. The molecule has 2 bridgehead atoms. The number of esters is 1. The number of rotatable bonds is 7. The minimum absolute atomic E-state index is 0.184. The first kappa shape index (κ1) is 34.2. The predicted octanol–water partition coefficient (Wildman–Crippen LogP) is 2.65. The number of carbonyl (C=O) groups is 2. The van der Waals surface area contributed by atoms with Crippen LogP contribution in [0.5, 0.6) is 11.8 Å². The van der Waals surface area contributed by atoms with Crippen molar-refractivity contribution in [1.82, 2.24) is 24.3 Å². The Morgan fingerprint density at radius 3 is 1.88 bits per heavy atom. The molecule has 2 saturated heterocycles. The second kappa shape index (κ2) is 15.4. The monoisotopic (exact) mass is 593 g/mol. The van der Waals surface area contributed by atoms with E-state index in [4.69, 9.17) is 9.57 Å². The van der Waals surface area contributed by atoms with Crippen LogP contribution in [0.15, 0.2) is 12.1 Å². The lowest BCUT2D eigenvalue weighted by Crippen LogP contribution is -2.43. The summed E-state index contributed by atoms with van der Waals surface area (Å²) in [6.45, 7) is 23.0. The quantitative estimate of drug-likeness (QED) is 0.458. The van der Waals surface area contributed by atoms with Gasteiger partial charge in [0.1, 0.15) is 5.60 Å². The number of hydrogen-bond acceptors (Lipinski definition) is 10. The van der Waals surface area contributed by atoms with E-state index < -0.39 is 11.6 Å². The standard InChI is InChI=1S/C31H55N5O6/c1-30(2,3)24-35-16-8-14-32-17-18-34(23-29(40)41-31(4,5)6)15-7-13-33(19-20-35)22-25(21-32)9-12-28(39)42-36-26(37)10-11-27(36)38/h10-11,25,37-38H,7-9,12-24H2,1-6H3. The highest BCUT2D eigenvalue weighted by molar-refractivity contribution is 5.72. The fourth-order valence-electron chi connectivity index (χ4n) is 5.89. The third kappa shape index (κ3) is 12.5. The van der Waals surface area contributed by atoms with Crippen molar-refractivity contribution in [2.45, 2.75) is 72.8 Å². The van der Waals surface area contributed by atoms with Gasteiger partial charge >= 0.3 is 11.9 Å². The zero-order chi connectivity index (χ0) is 30.9. The normalized spacial score (nSPS) is 24.1. The fourth-order valence-corrected chi connectivity index (χ4v) is 5.89. The Balaban J connectivity index is 1.73. The second-order valence-corrected chi connectivity index (χ2v) is 14.2. The molecule has 3 atom stereocenters. The summed E-state index contributed by atoms with van der Waals surface area (Å²) in [6.07, 6.45) is 2.83. The number of ether oxygens (including phenoxy) is 1. The molecule has 11 nitrogen and oxygen atoms in total. The summed E-state index contributed by atoms with van der Waals surface area (Å²) >= 11 is 0. The molecule has 2 aliphatic rings. The number of hydrogen-bond donors (Lipinski definition) is 2. The van der Waals surface area contributed by atoms with Gasteiger partial charge in [0, 0.05) is 70.9 Å². The molecule has 1 aromatic heterocycles. The molecule has 0 aliphatic carbocycles. The van der Waals surface area contributed by atoms with E-state index in [-0.39, 0.29) is 35.5 Å². The van der Waals surface area contributed by atoms with Crippen LogP contribution in [-0.2, 0) is 14.3 Å². The molecule has 0 saturated carbocycles. The van der Waals surface area contributed by atoms with Crippen LogP contribution >= 0.6 is 0 Å². The fraction of sp³-hybridized carbons (Fsp3) is 0.806. The van der Waals surface area contributed by atoms with Crippen LogP contribution in [0.3, 0.4) is 0 Å². The molecule has 0 aromatic carbocycles. The second-order valence-electron chi connectivity index (χ2n) is 14.2. The summed E-state index contributed by atoms with van der Waals surface area (Å²) in [5, 5.41) is 19.7. The largest absolute Gasteiger partial charge is 0.492 e. The van der Waals surface area contributed by atoms with Crippen molar-refractivity contribution in [2.75, 3.05) is 78.5 Å². The highest BCUT2D eigenvalue weighted by Gasteiger charge is 2.26. The number of carbonyl (C=O) groups excluding carboxylic acids is 2. The maximum absolute atomic E-state index is 12.7. The van der Waals surface area contributed by atoms with E-state index in [0.717, 1.165) is 89.6 Å². The molecule has 0 amide bonds. The molecule has 42 heavy (non-hydrogen) atoms. The van der Waals surface area contributed by atoms with E-state index in [1.54, 1.807) is 0 Å². The van der Waals surface area contributed by atoms with E-state index in [1.807, 2.05) is 20.8 Å². The molecule has 0 spiro atoms. The predicted molar refractivity (Wildman–Crippen MR) is 162 cm³/mol. The van der Waals surface area contributed by atoms with Gasteiger partial charge in [-0.25, -0.2) is 4.79 Å². The Hall–Kier alpha value is -2.34. The first-order valence-electron chi connectivity index (χ1n) is 15.6. The van der Waals surface area contributed by atoms with Gasteiger partial charge in [0.2, 0.25) is 11.8 Å². The summed E-state index contributed by atoms with van der Waals surface area (Å²) in [5.41, 5.74) is -0.276. The van der Waals surface area contributed by atoms with Crippen molar-refractivity contribution in [3.8, 4) is 11.8 Å². The zero-order valence-electron chi connectivity index (χ0n) is 26.8. The van der Waals surface area contributed by atoms with Crippen molar-refractivity contribution < 1.29 is 29.4 Å². The van der Waals surface area contributed by atoms with Crippen LogP contribution < -0.4 is 4.84 Å². The van der Waals surface area contributed by atoms with Crippen LogP contribution in [0.1, 0.15) is 67.2 Å².